The number of rotatable bonds is 25. The molecule has 0 radical (unpaired) electrons. The zero-order valence-electron chi connectivity index (χ0n) is 24.8. The van der Waals surface area contributed by atoms with Gasteiger partial charge in [0, 0.05) is 12.8 Å². The van der Waals surface area contributed by atoms with Gasteiger partial charge < -0.3 is 29.2 Å². The van der Waals surface area contributed by atoms with E-state index in [4.69, 9.17) is 14.2 Å². The Hall–Kier alpha value is -1.46. The van der Waals surface area contributed by atoms with Crippen molar-refractivity contribution in [2.24, 2.45) is 5.92 Å². The number of cyclic esters (lactones) is 1. The maximum absolute atomic E-state index is 11.8. The molecule has 0 amide bonds. The monoisotopic (exact) mass is 552 g/mol. The third-order valence-corrected chi connectivity index (χ3v) is 7.14. The summed E-state index contributed by atoms with van der Waals surface area (Å²) in [7, 11) is 0. The van der Waals surface area contributed by atoms with Crippen LogP contribution < -0.4 is 0 Å². The minimum atomic E-state index is -0.793. The molecule has 0 spiro atoms. The highest BCUT2D eigenvalue weighted by Gasteiger charge is 2.34. The summed E-state index contributed by atoms with van der Waals surface area (Å²) < 4.78 is 16.3. The van der Waals surface area contributed by atoms with E-state index < -0.39 is 12.2 Å². The molecule has 1 aliphatic rings. The Morgan fingerprint density at radius 1 is 0.923 bits per heavy atom. The maximum atomic E-state index is 11.8. The molecule has 1 heterocycles. The van der Waals surface area contributed by atoms with Gasteiger partial charge in [-0.05, 0) is 39.0 Å². The summed E-state index contributed by atoms with van der Waals surface area (Å²) in [4.78, 5) is 23.0. The number of aliphatic hydroxyl groups excluding tert-OH is 2. The van der Waals surface area contributed by atoms with Crippen LogP contribution >= 0.6 is 0 Å². The third kappa shape index (κ3) is 21.0. The molecule has 1 unspecified atom stereocenters. The minimum Gasteiger partial charge on any atom is -0.462 e. The quantitative estimate of drug-likeness (QED) is 0.0824. The summed E-state index contributed by atoms with van der Waals surface area (Å²) in [6.45, 7) is 5.02. The van der Waals surface area contributed by atoms with Gasteiger partial charge in [-0.3, -0.25) is 4.79 Å². The number of aliphatic hydroxyl groups is 2. The molecule has 0 saturated carbocycles. The lowest BCUT2D eigenvalue weighted by molar-refractivity contribution is -0.145. The summed E-state index contributed by atoms with van der Waals surface area (Å²) in [5.41, 5.74) is 0. The summed E-state index contributed by atoms with van der Waals surface area (Å²) >= 11 is 0. The Morgan fingerprint density at radius 2 is 1.54 bits per heavy atom. The van der Waals surface area contributed by atoms with Crippen molar-refractivity contribution in [2.45, 2.75) is 148 Å². The second-order valence-electron chi connectivity index (χ2n) is 11.1. The molecule has 2 N–H and O–H groups in total. The van der Waals surface area contributed by atoms with Gasteiger partial charge in [0.05, 0.1) is 38.4 Å². The van der Waals surface area contributed by atoms with Crippen LogP contribution in [0.2, 0.25) is 0 Å². The van der Waals surface area contributed by atoms with Crippen LogP contribution in [0.3, 0.4) is 0 Å². The minimum absolute atomic E-state index is 0.0286. The van der Waals surface area contributed by atoms with E-state index in [-0.39, 0.29) is 30.4 Å². The van der Waals surface area contributed by atoms with E-state index in [1.54, 1.807) is 0 Å². The standard InChI is InChI=1S/C32H56O7/c1-3-4-5-6-7-9-12-15-18-29(34)25-37-21-22-38-26-30(35)19-16-13-10-8-11-14-17-20-31-24-28(23-27(2)33)32(36)39-31/h28-31,34-35H,3-15,17-18,20-26H2,1-2H3/t28?,29-,30+,31+/m0/s1. The average Bonchev–Trinajstić information content (AvgIpc) is 3.24. The fraction of sp³-hybridized carbons (Fsp3) is 0.875. The molecule has 0 aromatic carbocycles. The van der Waals surface area contributed by atoms with Crippen LogP contribution in [0.15, 0.2) is 0 Å². The van der Waals surface area contributed by atoms with E-state index in [1.807, 2.05) is 0 Å². The molecule has 0 aromatic rings. The van der Waals surface area contributed by atoms with Gasteiger partial charge in [-0.2, -0.15) is 0 Å². The summed E-state index contributed by atoms with van der Waals surface area (Å²) in [6.07, 6.45) is 17.5. The van der Waals surface area contributed by atoms with Crippen molar-refractivity contribution in [3.8, 4) is 11.8 Å². The number of carbonyl (C=O) groups excluding carboxylic acids is 2. The zero-order chi connectivity index (χ0) is 28.6. The number of hydrogen-bond donors (Lipinski definition) is 2. The van der Waals surface area contributed by atoms with E-state index in [0.29, 0.717) is 32.7 Å². The number of ketones is 1. The Bertz CT molecular complexity index is 684. The highest BCUT2D eigenvalue weighted by Crippen LogP contribution is 2.27. The van der Waals surface area contributed by atoms with Gasteiger partial charge in [0.25, 0.3) is 0 Å². The maximum Gasteiger partial charge on any atom is 0.309 e. The van der Waals surface area contributed by atoms with Crippen LogP contribution in [-0.2, 0) is 23.8 Å². The summed E-state index contributed by atoms with van der Waals surface area (Å²) in [6, 6.07) is 0. The lowest BCUT2D eigenvalue weighted by Gasteiger charge is -2.11. The van der Waals surface area contributed by atoms with Crippen molar-refractivity contribution in [2.75, 3.05) is 26.4 Å². The lowest BCUT2D eigenvalue weighted by atomic mass is 9.97. The SMILES string of the molecule is CCCCCCCCCC[C@H](O)COCCOC[C@H](O)C#CCCCCCCC[C@@H]1CC(CC(C)=O)C(=O)O1. The molecule has 1 fully saturated rings. The molecular formula is C32H56O7. The van der Waals surface area contributed by atoms with E-state index in [0.717, 1.165) is 57.8 Å². The van der Waals surface area contributed by atoms with Crippen LogP contribution in [-0.4, -0.2) is 66.7 Å². The van der Waals surface area contributed by atoms with Gasteiger partial charge in [-0.1, -0.05) is 83.5 Å². The van der Waals surface area contributed by atoms with Crippen molar-refractivity contribution >= 4 is 11.8 Å². The fourth-order valence-corrected chi connectivity index (χ4v) is 4.89. The molecule has 1 aliphatic heterocycles. The second kappa shape index (κ2) is 24.3. The first-order valence-electron chi connectivity index (χ1n) is 15.6. The van der Waals surface area contributed by atoms with Gasteiger partial charge in [-0.25, -0.2) is 0 Å². The predicted molar refractivity (Wildman–Crippen MR) is 154 cm³/mol. The first-order chi connectivity index (χ1) is 18.9. The normalized spacial score (nSPS) is 18.4. The van der Waals surface area contributed by atoms with E-state index in [1.165, 1.54) is 51.9 Å². The third-order valence-electron chi connectivity index (χ3n) is 7.14. The molecule has 1 rings (SSSR count). The van der Waals surface area contributed by atoms with E-state index in [9.17, 15) is 19.8 Å². The topological polar surface area (TPSA) is 102 Å². The van der Waals surface area contributed by atoms with Gasteiger partial charge >= 0.3 is 5.97 Å². The molecule has 226 valence electrons. The fourth-order valence-electron chi connectivity index (χ4n) is 4.89. The molecule has 39 heavy (non-hydrogen) atoms. The van der Waals surface area contributed by atoms with Crippen molar-refractivity contribution in [1.82, 2.24) is 0 Å². The number of carbonyl (C=O) groups is 2. The first kappa shape index (κ1) is 35.6. The van der Waals surface area contributed by atoms with Crippen LogP contribution in [0.5, 0.6) is 0 Å². The van der Waals surface area contributed by atoms with Gasteiger partial charge in [-0.15, -0.1) is 5.92 Å². The smallest absolute Gasteiger partial charge is 0.309 e. The van der Waals surface area contributed by atoms with Crippen LogP contribution in [0, 0.1) is 17.8 Å². The number of unbranched alkanes of at least 4 members (excludes halogenated alkanes) is 12. The molecule has 0 aliphatic carbocycles. The summed E-state index contributed by atoms with van der Waals surface area (Å²) in [5, 5.41) is 19.9. The van der Waals surface area contributed by atoms with Gasteiger partial charge in [0.2, 0.25) is 0 Å². The van der Waals surface area contributed by atoms with Crippen LogP contribution in [0.25, 0.3) is 0 Å². The Balaban J connectivity index is 1.87. The van der Waals surface area contributed by atoms with E-state index >= 15 is 0 Å². The molecule has 7 nitrogen and oxygen atoms in total. The number of hydrogen-bond acceptors (Lipinski definition) is 7. The molecule has 0 aromatic heterocycles. The van der Waals surface area contributed by atoms with Crippen molar-refractivity contribution in [1.29, 1.82) is 0 Å². The molecule has 0 bridgehead atoms. The van der Waals surface area contributed by atoms with Crippen molar-refractivity contribution in [3.63, 3.8) is 0 Å². The number of Topliss-reactive ketones (excluding diaryl/α,β-unsaturated/α-hetero) is 1. The Kier molecular flexibility index (Phi) is 22.2. The Labute approximate surface area is 237 Å². The number of ether oxygens (including phenoxy) is 3. The zero-order valence-corrected chi connectivity index (χ0v) is 24.8. The molecular weight excluding hydrogens is 496 g/mol. The second-order valence-corrected chi connectivity index (χ2v) is 11.1. The van der Waals surface area contributed by atoms with Crippen LogP contribution in [0.1, 0.15) is 129 Å². The first-order valence-corrected chi connectivity index (χ1v) is 15.6. The van der Waals surface area contributed by atoms with Gasteiger partial charge in [0.15, 0.2) is 0 Å². The predicted octanol–water partition coefficient (Wildman–Crippen LogP) is 5.92. The number of esters is 1. The molecule has 1 saturated heterocycles. The summed E-state index contributed by atoms with van der Waals surface area (Å²) in [5.74, 6) is 5.44. The van der Waals surface area contributed by atoms with Crippen molar-refractivity contribution < 1.29 is 34.0 Å². The van der Waals surface area contributed by atoms with Crippen LogP contribution in [0.4, 0.5) is 0 Å². The van der Waals surface area contributed by atoms with Gasteiger partial charge in [0.1, 0.15) is 18.0 Å². The highest BCUT2D eigenvalue weighted by atomic mass is 16.6. The molecule has 7 heteroatoms. The average molecular weight is 553 g/mol. The molecule has 4 atom stereocenters. The van der Waals surface area contributed by atoms with Crippen molar-refractivity contribution in [3.05, 3.63) is 0 Å². The Morgan fingerprint density at radius 3 is 2.23 bits per heavy atom. The largest absolute Gasteiger partial charge is 0.462 e. The van der Waals surface area contributed by atoms with E-state index in [2.05, 4.69) is 18.8 Å². The highest BCUT2D eigenvalue weighted by molar-refractivity contribution is 5.83. The lowest BCUT2D eigenvalue weighted by Crippen LogP contribution is -2.19.